The number of aliphatic hydroxyl groups is 1. The van der Waals surface area contributed by atoms with Gasteiger partial charge in [0.25, 0.3) is 11.8 Å². The normalized spacial score (nSPS) is 14.9. The van der Waals surface area contributed by atoms with Crippen LogP contribution in [0, 0.1) is 0 Å². The van der Waals surface area contributed by atoms with E-state index in [1.807, 2.05) is 24.0 Å². The Bertz CT molecular complexity index is 908. The average Bonchev–Trinajstić information content (AvgIpc) is 2.82. The van der Waals surface area contributed by atoms with Crippen LogP contribution in [0.4, 0.5) is 11.5 Å². The SMILES string of the molecule is CCC(O)CNC(=O)c1ccc(C(=O)N2CCN(c3ncccc3NC(C)C)CC2)cc1. The predicted molar refractivity (Wildman–Crippen MR) is 126 cm³/mol. The quantitative estimate of drug-likeness (QED) is 0.584. The van der Waals surface area contributed by atoms with Gasteiger partial charge in [-0.25, -0.2) is 4.98 Å². The fraction of sp³-hybridized carbons (Fsp3) is 0.458. The largest absolute Gasteiger partial charge is 0.391 e. The number of carbonyl (C=O) groups excluding carboxylic acids is 2. The van der Waals surface area contributed by atoms with E-state index < -0.39 is 6.10 Å². The second-order valence-electron chi connectivity index (χ2n) is 8.30. The van der Waals surface area contributed by atoms with Crippen molar-refractivity contribution in [2.75, 3.05) is 42.9 Å². The summed E-state index contributed by atoms with van der Waals surface area (Å²) in [6.07, 6.45) is 1.82. The van der Waals surface area contributed by atoms with E-state index in [4.69, 9.17) is 0 Å². The Morgan fingerprint density at radius 3 is 2.34 bits per heavy atom. The average molecular weight is 440 g/mol. The van der Waals surface area contributed by atoms with Crippen LogP contribution in [0.5, 0.6) is 0 Å². The highest BCUT2D eigenvalue weighted by atomic mass is 16.3. The lowest BCUT2D eigenvalue weighted by atomic mass is 10.1. The maximum atomic E-state index is 12.9. The molecular weight excluding hydrogens is 406 g/mol. The van der Waals surface area contributed by atoms with Crippen molar-refractivity contribution in [1.82, 2.24) is 15.2 Å². The van der Waals surface area contributed by atoms with Gasteiger partial charge in [-0.3, -0.25) is 9.59 Å². The van der Waals surface area contributed by atoms with Crippen molar-refractivity contribution < 1.29 is 14.7 Å². The number of nitrogens with one attached hydrogen (secondary N) is 2. The van der Waals surface area contributed by atoms with Crippen LogP contribution in [-0.4, -0.2) is 71.7 Å². The summed E-state index contributed by atoms with van der Waals surface area (Å²) in [5.41, 5.74) is 2.03. The number of benzene rings is 1. The van der Waals surface area contributed by atoms with Gasteiger partial charge in [-0.05, 0) is 56.7 Å². The molecule has 1 aliphatic heterocycles. The number of pyridine rings is 1. The molecule has 0 bridgehead atoms. The Hall–Kier alpha value is -3.13. The molecule has 32 heavy (non-hydrogen) atoms. The van der Waals surface area contributed by atoms with E-state index in [1.165, 1.54) is 0 Å². The second-order valence-corrected chi connectivity index (χ2v) is 8.30. The van der Waals surface area contributed by atoms with Crippen LogP contribution in [0.3, 0.4) is 0 Å². The zero-order valence-corrected chi connectivity index (χ0v) is 19.0. The Balaban J connectivity index is 1.57. The van der Waals surface area contributed by atoms with Crippen LogP contribution >= 0.6 is 0 Å². The van der Waals surface area contributed by atoms with Crippen molar-refractivity contribution in [3.05, 3.63) is 53.7 Å². The summed E-state index contributed by atoms with van der Waals surface area (Å²) in [6, 6.07) is 10.9. The third-order valence-corrected chi connectivity index (χ3v) is 5.46. The van der Waals surface area contributed by atoms with Gasteiger partial charge in [0, 0.05) is 56.1 Å². The standard InChI is InChI=1S/C24H33N5O3/c1-4-20(30)16-26-23(31)18-7-9-19(10-8-18)24(32)29-14-12-28(13-15-29)22-21(27-17(2)3)6-5-11-25-22/h5-11,17,20,27,30H,4,12-16H2,1-3H3,(H,26,31). The van der Waals surface area contributed by atoms with Crippen LogP contribution in [0.25, 0.3) is 0 Å². The molecule has 172 valence electrons. The number of amides is 2. The van der Waals surface area contributed by atoms with Crippen LogP contribution in [0.1, 0.15) is 47.9 Å². The highest BCUT2D eigenvalue weighted by Gasteiger charge is 2.24. The van der Waals surface area contributed by atoms with Crippen molar-refractivity contribution in [3.8, 4) is 0 Å². The van der Waals surface area contributed by atoms with Crippen molar-refractivity contribution in [3.63, 3.8) is 0 Å². The van der Waals surface area contributed by atoms with Gasteiger partial charge in [0.05, 0.1) is 11.8 Å². The van der Waals surface area contributed by atoms with Gasteiger partial charge in [0.1, 0.15) is 0 Å². The predicted octanol–water partition coefficient (Wildman–Crippen LogP) is 2.37. The summed E-state index contributed by atoms with van der Waals surface area (Å²) in [6.45, 7) is 8.88. The number of carbonyl (C=O) groups is 2. The molecule has 0 aliphatic carbocycles. The van der Waals surface area contributed by atoms with E-state index in [1.54, 1.807) is 30.5 Å². The van der Waals surface area contributed by atoms with Crippen molar-refractivity contribution in [2.45, 2.75) is 39.3 Å². The lowest BCUT2D eigenvalue weighted by molar-refractivity contribution is 0.0746. The molecule has 1 aromatic carbocycles. The van der Waals surface area contributed by atoms with E-state index in [0.29, 0.717) is 49.8 Å². The molecule has 3 rings (SSSR count). The first-order valence-electron chi connectivity index (χ1n) is 11.2. The molecule has 1 atom stereocenters. The van der Waals surface area contributed by atoms with Gasteiger partial charge in [-0.1, -0.05) is 6.92 Å². The third kappa shape index (κ3) is 5.97. The summed E-state index contributed by atoms with van der Waals surface area (Å²) in [5.74, 6) is 0.614. The summed E-state index contributed by atoms with van der Waals surface area (Å²) in [5, 5.41) is 15.7. The number of aromatic nitrogens is 1. The van der Waals surface area contributed by atoms with E-state index in [9.17, 15) is 14.7 Å². The molecule has 2 heterocycles. The van der Waals surface area contributed by atoms with Gasteiger partial charge in [0.15, 0.2) is 5.82 Å². The van der Waals surface area contributed by atoms with Crippen molar-refractivity contribution in [2.24, 2.45) is 0 Å². The number of aliphatic hydroxyl groups excluding tert-OH is 1. The summed E-state index contributed by atoms with van der Waals surface area (Å²) in [4.78, 5) is 33.7. The first-order valence-corrected chi connectivity index (χ1v) is 11.2. The van der Waals surface area contributed by atoms with Gasteiger partial charge in [0.2, 0.25) is 0 Å². The minimum Gasteiger partial charge on any atom is -0.391 e. The Morgan fingerprint density at radius 1 is 1.06 bits per heavy atom. The fourth-order valence-electron chi connectivity index (χ4n) is 3.60. The zero-order valence-electron chi connectivity index (χ0n) is 19.0. The molecule has 2 aromatic rings. The summed E-state index contributed by atoms with van der Waals surface area (Å²) in [7, 11) is 0. The van der Waals surface area contributed by atoms with E-state index in [0.717, 1.165) is 11.5 Å². The molecule has 0 radical (unpaired) electrons. The van der Waals surface area contributed by atoms with Gasteiger partial charge in [-0.2, -0.15) is 0 Å². The van der Waals surface area contributed by atoms with Gasteiger partial charge >= 0.3 is 0 Å². The van der Waals surface area contributed by atoms with Crippen LogP contribution < -0.4 is 15.5 Å². The topological polar surface area (TPSA) is 97.8 Å². The number of piperazine rings is 1. The summed E-state index contributed by atoms with van der Waals surface area (Å²) >= 11 is 0. The van der Waals surface area contributed by atoms with Gasteiger partial charge < -0.3 is 25.5 Å². The highest BCUT2D eigenvalue weighted by molar-refractivity contribution is 5.98. The second kappa shape index (κ2) is 10.9. The monoisotopic (exact) mass is 439 g/mol. The van der Waals surface area contributed by atoms with E-state index in [-0.39, 0.29) is 18.4 Å². The van der Waals surface area contributed by atoms with Crippen LogP contribution in [0.2, 0.25) is 0 Å². The van der Waals surface area contributed by atoms with Crippen molar-refractivity contribution in [1.29, 1.82) is 0 Å². The molecule has 0 saturated carbocycles. The molecule has 1 aliphatic rings. The lowest BCUT2D eigenvalue weighted by Gasteiger charge is -2.36. The molecule has 0 spiro atoms. The molecule has 2 amide bonds. The van der Waals surface area contributed by atoms with Crippen LogP contribution in [-0.2, 0) is 0 Å². The van der Waals surface area contributed by atoms with Gasteiger partial charge in [-0.15, -0.1) is 0 Å². The zero-order chi connectivity index (χ0) is 23.1. The molecule has 1 saturated heterocycles. The smallest absolute Gasteiger partial charge is 0.253 e. The molecule has 1 unspecified atom stereocenters. The number of hydrogen-bond donors (Lipinski definition) is 3. The fourth-order valence-corrected chi connectivity index (χ4v) is 3.60. The Labute approximate surface area is 189 Å². The van der Waals surface area contributed by atoms with Crippen LogP contribution in [0.15, 0.2) is 42.6 Å². The van der Waals surface area contributed by atoms with E-state index in [2.05, 4.69) is 34.4 Å². The number of nitrogens with zero attached hydrogens (tertiary/aromatic N) is 3. The molecule has 1 fully saturated rings. The Morgan fingerprint density at radius 2 is 1.72 bits per heavy atom. The lowest BCUT2D eigenvalue weighted by Crippen LogP contribution is -2.49. The maximum absolute atomic E-state index is 12.9. The highest BCUT2D eigenvalue weighted by Crippen LogP contribution is 2.25. The number of rotatable bonds is 8. The molecular formula is C24H33N5O3. The maximum Gasteiger partial charge on any atom is 0.253 e. The summed E-state index contributed by atoms with van der Waals surface area (Å²) < 4.78 is 0. The molecule has 8 heteroatoms. The van der Waals surface area contributed by atoms with E-state index >= 15 is 0 Å². The number of anilines is 2. The first kappa shape index (κ1) is 23.5. The first-order chi connectivity index (χ1) is 15.4. The minimum absolute atomic E-state index is 0.0421. The molecule has 8 nitrogen and oxygen atoms in total. The minimum atomic E-state index is -0.554. The molecule has 3 N–H and O–H groups in total. The molecule has 1 aromatic heterocycles. The third-order valence-electron chi connectivity index (χ3n) is 5.46. The number of hydrogen-bond acceptors (Lipinski definition) is 6. The Kier molecular flexibility index (Phi) is 8.05. The van der Waals surface area contributed by atoms with Crippen molar-refractivity contribution >= 4 is 23.3 Å².